The summed E-state index contributed by atoms with van der Waals surface area (Å²) in [6.45, 7) is 4.15. The number of benzene rings is 2. The second-order valence-corrected chi connectivity index (χ2v) is 5.96. The summed E-state index contributed by atoms with van der Waals surface area (Å²) in [6, 6.07) is 17.5. The summed E-state index contributed by atoms with van der Waals surface area (Å²) in [5, 5.41) is 6.16. The normalized spacial score (nSPS) is 15.3. The molecule has 0 unspecified atom stereocenters. The molecular formula is C19H23N3O. The zero-order valence-electron chi connectivity index (χ0n) is 13.5. The third kappa shape index (κ3) is 4.03. The predicted octanol–water partition coefficient (Wildman–Crippen LogP) is 3.73. The molecule has 1 aliphatic heterocycles. The quantitative estimate of drug-likeness (QED) is 0.884. The fourth-order valence-corrected chi connectivity index (χ4v) is 2.83. The highest BCUT2D eigenvalue weighted by Gasteiger charge is 2.14. The highest BCUT2D eigenvalue weighted by atomic mass is 16.2. The molecule has 0 bridgehead atoms. The molecule has 4 nitrogen and oxygen atoms in total. The summed E-state index contributed by atoms with van der Waals surface area (Å²) < 4.78 is 0. The Morgan fingerprint density at radius 2 is 1.61 bits per heavy atom. The first kappa shape index (κ1) is 15.4. The van der Waals surface area contributed by atoms with Crippen molar-refractivity contribution in [3.05, 3.63) is 54.6 Å². The topological polar surface area (TPSA) is 44.4 Å². The van der Waals surface area contributed by atoms with E-state index >= 15 is 0 Å². The van der Waals surface area contributed by atoms with Crippen LogP contribution >= 0.6 is 0 Å². The van der Waals surface area contributed by atoms with Crippen molar-refractivity contribution in [3.63, 3.8) is 0 Å². The number of amides is 1. The van der Waals surface area contributed by atoms with Crippen LogP contribution in [0.4, 0.5) is 17.1 Å². The van der Waals surface area contributed by atoms with Crippen molar-refractivity contribution in [2.45, 2.75) is 25.8 Å². The smallest absolute Gasteiger partial charge is 0.246 e. The van der Waals surface area contributed by atoms with E-state index in [1.165, 1.54) is 18.5 Å². The van der Waals surface area contributed by atoms with Crippen LogP contribution in [0.25, 0.3) is 0 Å². The molecule has 1 saturated heterocycles. The largest absolute Gasteiger partial charge is 0.374 e. The number of carbonyl (C=O) groups is 1. The number of hydrogen-bond donors (Lipinski definition) is 2. The van der Waals surface area contributed by atoms with Gasteiger partial charge in [-0.15, -0.1) is 0 Å². The van der Waals surface area contributed by atoms with Gasteiger partial charge in [0.15, 0.2) is 0 Å². The average molecular weight is 309 g/mol. The highest BCUT2D eigenvalue weighted by Crippen LogP contribution is 2.22. The van der Waals surface area contributed by atoms with Gasteiger partial charge in [-0.3, -0.25) is 4.79 Å². The molecule has 0 aliphatic carbocycles. The first-order chi connectivity index (χ1) is 11.2. The number of hydrogen-bond acceptors (Lipinski definition) is 3. The van der Waals surface area contributed by atoms with Crippen molar-refractivity contribution >= 4 is 23.0 Å². The molecule has 23 heavy (non-hydrogen) atoms. The lowest BCUT2D eigenvalue weighted by atomic mass is 10.2. The van der Waals surface area contributed by atoms with Crippen LogP contribution in [0.3, 0.4) is 0 Å². The zero-order chi connectivity index (χ0) is 16.1. The maximum atomic E-state index is 12.2. The number of para-hydroxylation sites is 1. The molecule has 0 aromatic heterocycles. The van der Waals surface area contributed by atoms with Gasteiger partial charge >= 0.3 is 0 Å². The van der Waals surface area contributed by atoms with Crippen LogP contribution in [-0.2, 0) is 4.79 Å². The predicted molar refractivity (Wildman–Crippen MR) is 96.0 cm³/mol. The van der Waals surface area contributed by atoms with Gasteiger partial charge in [-0.05, 0) is 56.2 Å². The van der Waals surface area contributed by atoms with Crippen molar-refractivity contribution in [1.82, 2.24) is 0 Å². The van der Waals surface area contributed by atoms with Crippen molar-refractivity contribution < 1.29 is 4.79 Å². The molecule has 4 heteroatoms. The van der Waals surface area contributed by atoms with E-state index in [1.54, 1.807) is 0 Å². The molecule has 1 fully saturated rings. The molecule has 2 N–H and O–H groups in total. The first-order valence-electron chi connectivity index (χ1n) is 8.20. The molecule has 3 rings (SSSR count). The van der Waals surface area contributed by atoms with Gasteiger partial charge in [0.25, 0.3) is 0 Å². The van der Waals surface area contributed by atoms with E-state index in [0.29, 0.717) is 0 Å². The van der Waals surface area contributed by atoms with E-state index < -0.39 is 0 Å². The Morgan fingerprint density at radius 1 is 0.957 bits per heavy atom. The van der Waals surface area contributed by atoms with E-state index in [0.717, 1.165) is 24.5 Å². The average Bonchev–Trinajstić information content (AvgIpc) is 3.11. The summed E-state index contributed by atoms with van der Waals surface area (Å²) in [7, 11) is 0. The maximum absolute atomic E-state index is 12.2. The minimum atomic E-state index is -0.298. The second-order valence-electron chi connectivity index (χ2n) is 5.96. The molecule has 0 saturated carbocycles. The Kier molecular flexibility index (Phi) is 4.81. The Bertz CT molecular complexity index is 633. The third-order valence-corrected chi connectivity index (χ3v) is 4.16. The summed E-state index contributed by atoms with van der Waals surface area (Å²) in [5.41, 5.74) is 3.04. The second kappa shape index (κ2) is 7.18. The Morgan fingerprint density at radius 3 is 2.26 bits per heavy atom. The minimum Gasteiger partial charge on any atom is -0.374 e. The van der Waals surface area contributed by atoms with Gasteiger partial charge in [0, 0.05) is 30.2 Å². The zero-order valence-corrected chi connectivity index (χ0v) is 13.5. The number of nitrogens with one attached hydrogen (secondary N) is 2. The molecule has 1 aliphatic rings. The number of anilines is 3. The summed E-state index contributed by atoms with van der Waals surface area (Å²) in [5.74, 6) is -0.0418. The summed E-state index contributed by atoms with van der Waals surface area (Å²) in [4.78, 5) is 14.6. The fraction of sp³-hybridized carbons (Fsp3) is 0.316. The van der Waals surface area contributed by atoms with Crippen LogP contribution in [0, 0.1) is 0 Å². The number of rotatable bonds is 5. The lowest BCUT2D eigenvalue weighted by Gasteiger charge is -2.19. The van der Waals surface area contributed by atoms with Gasteiger partial charge in [-0.25, -0.2) is 0 Å². The standard InChI is InChI=1S/C19H23N3O/c1-15(19(23)21-16-7-3-2-4-8-16)20-17-9-11-18(12-10-17)22-13-5-6-14-22/h2-4,7-12,15,20H,5-6,13-14H2,1H3,(H,21,23)/t15-/m0/s1. The van der Waals surface area contributed by atoms with Crippen molar-refractivity contribution in [2.75, 3.05) is 28.6 Å². The highest BCUT2D eigenvalue weighted by molar-refractivity contribution is 5.96. The van der Waals surface area contributed by atoms with Crippen LogP contribution in [0.15, 0.2) is 54.6 Å². The van der Waals surface area contributed by atoms with Crippen molar-refractivity contribution in [3.8, 4) is 0 Å². The van der Waals surface area contributed by atoms with E-state index in [4.69, 9.17) is 0 Å². The summed E-state index contributed by atoms with van der Waals surface area (Å²) >= 11 is 0. The molecule has 2 aromatic carbocycles. The Labute approximate surface area is 137 Å². The van der Waals surface area contributed by atoms with Gasteiger partial charge < -0.3 is 15.5 Å². The molecule has 0 radical (unpaired) electrons. The minimum absolute atomic E-state index is 0.0418. The monoisotopic (exact) mass is 309 g/mol. The summed E-state index contributed by atoms with van der Waals surface area (Å²) in [6.07, 6.45) is 2.55. The van der Waals surface area contributed by atoms with Gasteiger partial charge in [0.2, 0.25) is 5.91 Å². The molecular weight excluding hydrogens is 286 g/mol. The van der Waals surface area contributed by atoms with Crippen LogP contribution in [-0.4, -0.2) is 25.0 Å². The molecule has 0 spiro atoms. The van der Waals surface area contributed by atoms with E-state index in [2.05, 4.69) is 27.7 Å². The molecule has 1 heterocycles. The van der Waals surface area contributed by atoms with Crippen LogP contribution < -0.4 is 15.5 Å². The first-order valence-corrected chi connectivity index (χ1v) is 8.20. The Hall–Kier alpha value is -2.49. The van der Waals surface area contributed by atoms with E-state index in [-0.39, 0.29) is 11.9 Å². The van der Waals surface area contributed by atoms with Gasteiger partial charge in [0.1, 0.15) is 6.04 Å². The van der Waals surface area contributed by atoms with Crippen molar-refractivity contribution in [1.29, 1.82) is 0 Å². The molecule has 1 amide bonds. The van der Waals surface area contributed by atoms with Gasteiger partial charge in [0.05, 0.1) is 0 Å². The molecule has 120 valence electrons. The third-order valence-electron chi connectivity index (χ3n) is 4.16. The lowest BCUT2D eigenvalue weighted by Crippen LogP contribution is -2.31. The van der Waals surface area contributed by atoms with Crippen molar-refractivity contribution in [2.24, 2.45) is 0 Å². The number of carbonyl (C=O) groups excluding carboxylic acids is 1. The maximum Gasteiger partial charge on any atom is 0.246 e. The van der Waals surface area contributed by atoms with Crippen LogP contribution in [0.1, 0.15) is 19.8 Å². The molecule has 1 atom stereocenters. The lowest BCUT2D eigenvalue weighted by molar-refractivity contribution is -0.116. The van der Waals surface area contributed by atoms with E-state index in [1.807, 2.05) is 49.4 Å². The van der Waals surface area contributed by atoms with Gasteiger partial charge in [-0.1, -0.05) is 18.2 Å². The molecule has 2 aromatic rings. The van der Waals surface area contributed by atoms with Crippen LogP contribution in [0.2, 0.25) is 0 Å². The van der Waals surface area contributed by atoms with Crippen LogP contribution in [0.5, 0.6) is 0 Å². The van der Waals surface area contributed by atoms with E-state index in [9.17, 15) is 4.79 Å². The SMILES string of the molecule is C[C@H](Nc1ccc(N2CCCC2)cc1)C(=O)Nc1ccccc1. The van der Waals surface area contributed by atoms with Gasteiger partial charge in [-0.2, -0.15) is 0 Å². The Balaban J connectivity index is 1.56. The number of nitrogens with zero attached hydrogens (tertiary/aromatic N) is 1. The fourth-order valence-electron chi connectivity index (χ4n) is 2.83.